The number of rotatable bonds is 7. The van der Waals surface area contributed by atoms with E-state index >= 15 is 0 Å². The summed E-state index contributed by atoms with van der Waals surface area (Å²) in [6.45, 7) is 4.27. The summed E-state index contributed by atoms with van der Waals surface area (Å²) in [5.74, 6) is -0.0106. The number of nitrogens with zero attached hydrogens (tertiary/aromatic N) is 1. The smallest absolute Gasteiger partial charge is 0.243 e. The van der Waals surface area contributed by atoms with Crippen molar-refractivity contribution in [3.8, 4) is 0 Å². The van der Waals surface area contributed by atoms with Gasteiger partial charge in [-0.1, -0.05) is 29.8 Å². The second-order valence-corrected chi connectivity index (χ2v) is 6.71. The maximum atomic E-state index is 12.2. The Balaban J connectivity index is 1.88. The first-order valence-electron chi connectivity index (χ1n) is 8.75. The van der Waals surface area contributed by atoms with Crippen LogP contribution in [-0.4, -0.2) is 37.4 Å². The lowest BCUT2D eigenvalue weighted by Crippen LogP contribution is -2.22. The molecule has 2 aromatic rings. The lowest BCUT2D eigenvalue weighted by molar-refractivity contribution is -0.128. The summed E-state index contributed by atoms with van der Waals surface area (Å²) >= 11 is 0. The zero-order valence-electron chi connectivity index (χ0n) is 15.9. The van der Waals surface area contributed by atoms with Crippen LogP contribution in [0.2, 0.25) is 0 Å². The van der Waals surface area contributed by atoms with Crippen molar-refractivity contribution in [2.45, 2.75) is 26.7 Å². The average Bonchev–Trinajstić information content (AvgIpc) is 2.59. The molecule has 0 saturated carbocycles. The maximum absolute atomic E-state index is 12.2. The van der Waals surface area contributed by atoms with Crippen molar-refractivity contribution in [3.63, 3.8) is 0 Å². The molecule has 0 heterocycles. The molecule has 0 aliphatic rings. The van der Waals surface area contributed by atoms with E-state index < -0.39 is 0 Å². The van der Waals surface area contributed by atoms with Crippen molar-refractivity contribution in [2.75, 3.05) is 31.3 Å². The molecule has 0 aliphatic carbocycles. The van der Waals surface area contributed by atoms with Gasteiger partial charge in [0.25, 0.3) is 0 Å². The SMILES string of the molecule is Cc1ccc(NCC(=O)Nc2cccc(CCC(=O)N(C)C)c2)c(C)c1. The van der Waals surface area contributed by atoms with E-state index in [-0.39, 0.29) is 18.4 Å². The van der Waals surface area contributed by atoms with Gasteiger partial charge in [-0.15, -0.1) is 0 Å². The standard InChI is InChI=1S/C21H27N3O2/c1-15-8-10-19(16(2)12-15)22-14-20(25)23-18-7-5-6-17(13-18)9-11-21(26)24(3)4/h5-8,10,12-13,22H,9,11,14H2,1-4H3,(H,23,25). The van der Waals surface area contributed by atoms with Crippen LogP contribution in [0.15, 0.2) is 42.5 Å². The van der Waals surface area contributed by atoms with Crippen LogP contribution < -0.4 is 10.6 Å². The summed E-state index contributed by atoms with van der Waals surface area (Å²) in [5, 5.41) is 6.06. The minimum atomic E-state index is -0.105. The Morgan fingerprint density at radius 1 is 1.04 bits per heavy atom. The van der Waals surface area contributed by atoms with E-state index in [1.807, 2.05) is 50.2 Å². The highest BCUT2D eigenvalue weighted by molar-refractivity contribution is 5.93. The molecule has 138 valence electrons. The molecule has 2 amide bonds. The van der Waals surface area contributed by atoms with Crippen LogP contribution in [0.25, 0.3) is 0 Å². The highest BCUT2D eigenvalue weighted by Gasteiger charge is 2.07. The van der Waals surface area contributed by atoms with E-state index in [4.69, 9.17) is 0 Å². The van der Waals surface area contributed by atoms with Crippen molar-refractivity contribution in [2.24, 2.45) is 0 Å². The number of aryl methyl sites for hydroxylation is 3. The molecule has 26 heavy (non-hydrogen) atoms. The second kappa shape index (κ2) is 9.04. The van der Waals surface area contributed by atoms with Gasteiger partial charge >= 0.3 is 0 Å². The molecule has 2 aromatic carbocycles. The first-order valence-corrected chi connectivity index (χ1v) is 8.75. The predicted octanol–water partition coefficient (Wildman–Crippen LogP) is 3.37. The number of hydrogen-bond acceptors (Lipinski definition) is 3. The molecule has 2 rings (SSSR count). The van der Waals surface area contributed by atoms with Gasteiger partial charge in [-0.2, -0.15) is 0 Å². The largest absolute Gasteiger partial charge is 0.376 e. The van der Waals surface area contributed by atoms with Gasteiger partial charge in [0.1, 0.15) is 0 Å². The lowest BCUT2D eigenvalue weighted by Gasteiger charge is -2.12. The third-order valence-corrected chi connectivity index (χ3v) is 4.16. The third kappa shape index (κ3) is 5.92. The van der Waals surface area contributed by atoms with Gasteiger partial charge in [-0.05, 0) is 49.6 Å². The molecular weight excluding hydrogens is 326 g/mol. The normalized spacial score (nSPS) is 10.3. The predicted molar refractivity (Wildman–Crippen MR) is 106 cm³/mol. The number of amides is 2. The monoisotopic (exact) mass is 353 g/mol. The van der Waals surface area contributed by atoms with Gasteiger partial charge in [0.05, 0.1) is 6.54 Å². The van der Waals surface area contributed by atoms with E-state index in [9.17, 15) is 9.59 Å². The van der Waals surface area contributed by atoms with Crippen LogP contribution >= 0.6 is 0 Å². The molecule has 0 aliphatic heterocycles. The van der Waals surface area contributed by atoms with E-state index in [1.165, 1.54) is 5.56 Å². The first kappa shape index (κ1) is 19.5. The molecule has 0 bridgehead atoms. The highest BCUT2D eigenvalue weighted by atomic mass is 16.2. The second-order valence-electron chi connectivity index (χ2n) is 6.71. The summed E-state index contributed by atoms with van der Waals surface area (Å²) in [7, 11) is 3.50. The van der Waals surface area contributed by atoms with Crippen molar-refractivity contribution < 1.29 is 9.59 Å². The number of carbonyl (C=O) groups is 2. The van der Waals surface area contributed by atoms with Gasteiger partial charge in [0.2, 0.25) is 11.8 Å². The van der Waals surface area contributed by atoms with Crippen LogP contribution in [0.5, 0.6) is 0 Å². The molecular formula is C21H27N3O2. The van der Waals surface area contributed by atoms with E-state index in [0.717, 1.165) is 22.5 Å². The molecule has 0 radical (unpaired) electrons. The lowest BCUT2D eigenvalue weighted by atomic mass is 10.1. The number of anilines is 2. The van der Waals surface area contributed by atoms with E-state index in [0.29, 0.717) is 12.8 Å². The quantitative estimate of drug-likeness (QED) is 0.802. The van der Waals surface area contributed by atoms with Crippen molar-refractivity contribution in [1.29, 1.82) is 0 Å². The van der Waals surface area contributed by atoms with Crippen LogP contribution in [-0.2, 0) is 16.0 Å². The Bertz CT molecular complexity index is 785. The third-order valence-electron chi connectivity index (χ3n) is 4.16. The van der Waals surface area contributed by atoms with Gasteiger partial charge < -0.3 is 15.5 Å². The van der Waals surface area contributed by atoms with Gasteiger partial charge in [-0.25, -0.2) is 0 Å². The summed E-state index contributed by atoms with van der Waals surface area (Å²) in [5.41, 5.74) is 5.04. The molecule has 5 heteroatoms. The minimum Gasteiger partial charge on any atom is -0.376 e. The number of hydrogen-bond donors (Lipinski definition) is 2. The van der Waals surface area contributed by atoms with Crippen LogP contribution in [0.4, 0.5) is 11.4 Å². The fourth-order valence-corrected chi connectivity index (χ4v) is 2.67. The number of benzene rings is 2. The Kier molecular flexibility index (Phi) is 6.78. The zero-order valence-corrected chi connectivity index (χ0v) is 15.9. The average molecular weight is 353 g/mol. The van der Waals surface area contributed by atoms with Gasteiger partial charge in [-0.3, -0.25) is 9.59 Å². The van der Waals surface area contributed by atoms with Crippen LogP contribution in [0.3, 0.4) is 0 Å². The number of carbonyl (C=O) groups excluding carboxylic acids is 2. The summed E-state index contributed by atoms with van der Waals surface area (Å²) in [4.78, 5) is 25.5. The molecule has 0 spiro atoms. The van der Waals surface area contributed by atoms with Crippen LogP contribution in [0, 0.1) is 13.8 Å². The Hall–Kier alpha value is -2.82. The molecule has 0 fully saturated rings. The van der Waals surface area contributed by atoms with Crippen molar-refractivity contribution >= 4 is 23.2 Å². The molecule has 0 atom stereocenters. The Morgan fingerprint density at radius 2 is 1.81 bits per heavy atom. The topological polar surface area (TPSA) is 61.4 Å². The maximum Gasteiger partial charge on any atom is 0.243 e. The zero-order chi connectivity index (χ0) is 19.1. The molecule has 0 unspecified atom stereocenters. The summed E-state index contributed by atoms with van der Waals surface area (Å²) in [6.07, 6.45) is 1.11. The van der Waals surface area contributed by atoms with Crippen molar-refractivity contribution in [1.82, 2.24) is 4.90 Å². The van der Waals surface area contributed by atoms with Crippen molar-refractivity contribution in [3.05, 3.63) is 59.2 Å². The van der Waals surface area contributed by atoms with Gasteiger partial charge in [0.15, 0.2) is 0 Å². The Morgan fingerprint density at radius 3 is 2.50 bits per heavy atom. The van der Waals surface area contributed by atoms with Gasteiger partial charge in [0, 0.05) is 31.9 Å². The van der Waals surface area contributed by atoms with E-state index in [2.05, 4.69) is 16.7 Å². The molecule has 2 N–H and O–H groups in total. The molecule has 0 aromatic heterocycles. The fourth-order valence-electron chi connectivity index (χ4n) is 2.67. The minimum absolute atomic E-state index is 0.0945. The van der Waals surface area contributed by atoms with E-state index in [1.54, 1.807) is 19.0 Å². The first-order chi connectivity index (χ1) is 12.3. The molecule has 5 nitrogen and oxygen atoms in total. The Labute approximate surface area is 155 Å². The number of nitrogens with one attached hydrogen (secondary N) is 2. The summed E-state index contributed by atoms with van der Waals surface area (Å²) < 4.78 is 0. The molecule has 0 saturated heterocycles. The highest BCUT2D eigenvalue weighted by Crippen LogP contribution is 2.16. The fraction of sp³-hybridized carbons (Fsp3) is 0.333. The summed E-state index contributed by atoms with van der Waals surface area (Å²) in [6, 6.07) is 13.7. The van der Waals surface area contributed by atoms with Crippen LogP contribution in [0.1, 0.15) is 23.1 Å².